The normalized spacial score (nSPS) is 11.8. The second kappa shape index (κ2) is 11.3. The van der Waals surface area contributed by atoms with E-state index in [1.807, 2.05) is 25.1 Å². The zero-order valence-corrected chi connectivity index (χ0v) is 18.6. The Kier molecular flexibility index (Phi) is 8.24. The number of rotatable bonds is 10. The van der Waals surface area contributed by atoms with E-state index < -0.39 is 6.61 Å². The van der Waals surface area contributed by atoms with E-state index in [2.05, 4.69) is 36.0 Å². The first-order chi connectivity index (χ1) is 15.5. The van der Waals surface area contributed by atoms with E-state index in [-0.39, 0.29) is 11.5 Å². The van der Waals surface area contributed by atoms with Crippen LogP contribution in [0.2, 0.25) is 0 Å². The molecule has 3 aromatic rings. The van der Waals surface area contributed by atoms with Crippen molar-refractivity contribution < 1.29 is 18.3 Å². The summed E-state index contributed by atoms with van der Waals surface area (Å²) in [5.41, 5.74) is 3.00. The Balaban J connectivity index is 1.50. The maximum Gasteiger partial charge on any atom is 0.387 e. The molecule has 0 amide bonds. The van der Waals surface area contributed by atoms with Gasteiger partial charge in [-0.3, -0.25) is 4.99 Å². The quantitative estimate of drug-likeness (QED) is 0.279. The van der Waals surface area contributed by atoms with Gasteiger partial charge in [-0.1, -0.05) is 18.2 Å². The number of imidazole rings is 1. The Morgan fingerprint density at radius 2 is 1.97 bits per heavy atom. The number of nitrogens with one attached hydrogen (secondary N) is 2. The fraction of sp³-hybridized carbons (Fsp3) is 0.391. The van der Waals surface area contributed by atoms with Crippen molar-refractivity contribution in [3.8, 4) is 11.5 Å². The summed E-state index contributed by atoms with van der Waals surface area (Å²) in [7, 11) is 1.70. The Morgan fingerprint density at radius 1 is 1.16 bits per heavy atom. The molecule has 1 heterocycles. The number of para-hydroxylation sites is 2. The van der Waals surface area contributed by atoms with Gasteiger partial charge in [-0.25, -0.2) is 4.98 Å². The molecule has 2 N–H and O–H groups in total. The van der Waals surface area contributed by atoms with Crippen LogP contribution in [0.15, 0.2) is 47.5 Å². The van der Waals surface area contributed by atoms with Crippen LogP contribution in [0.5, 0.6) is 11.5 Å². The van der Waals surface area contributed by atoms with Gasteiger partial charge in [0.15, 0.2) is 17.5 Å². The average Bonchev–Trinajstić information content (AvgIpc) is 3.09. The van der Waals surface area contributed by atoms with E-state index in [1.54, 1.807) is 26.1 Å². The topological polar surface area (TPSA) is 72.7 Å². The van der Waals surface area contributed by atoms with Crippen LogP contribution >= 0.6 is 0 Å². The van der Waals surface area contributed by atoms with Crippen LogP contribution in [0, 0.1) is 6.92 Å². The highest BCUT2D eigenvalue weighted by atomic mass is 19.3. The number of aliphatic imine (C=N–C) groups is 1. The number of benzene rings is 2. The average molecular weight is 446 g/mol. The van der Waals surface area contributed by atoms with Crippen molar-refractivity contribution in [2.45, 2.75) is 40.0 Å². The second-order valence-corrected chi connectivity index (χ2v) is 7.10. The van der Waals surface area contributed by atoms with Crippen LogP contribution in [0.1, 0.15) is 24.7 Å². The molecular weight excluding hydrogens is 416 g/mol. The SMILES string of the molecule is CCOc1cc(CNC(=NC)NCCCn2c(C)nc3ccccc32)ccc1OC(F)F. The maximum atomic E-state index is 12.6. The monoisotopic (exact) mass is 445 g/mol. The molecule has 172 valence electrons. The van der Waals surface area contributed by atoms with Gasteiger partial charge >= 0.3 is 6.61 Å². The zero-order chi connectivity index (χ0) is 22.9. The van der Waals surface area contributed by atoms with E-state index in [1.165, 1.54) is 6.07 Å². The van der Waals surface area contributed by atoms with Crippen LogP contribution in [-0.4, -0.2) is 42.3 Å². The molecule has 0 atom stereocenters. The van der Waals surface area contributed by atoms with Crippen LogP contribution < -0.4 is 20.1 Å². The summed E-state index contributed by atoms with van der Waals surface area (Å²) in [5.74, 6) is 1.97. The Hall–Kier alpha value is -3.36. The molecule has 1 aromatic heterocycles. The Labute approximate surface area is 186 Å². The molecule has 0 aliphatic rings. The molecule has 0 saturated heterocycles. The highest BCUT2D eigenvalue weighted by molar-refractivity contribution is 5.79. The summed E-state index contributed by atoms with van der Waals surface area (Å²) in [6, 6.07) is 13.0. The Bertz CT molecular complexity index is 1050. The number of nitrogens with zero attached hydrogens (tertiary/aromatic N) is 3. The third-order valence-corrected chi connectivity index (χ3v) is 4.90. The summed E-state index contributed by atoms with van der Waals surface area (Å²) in [6.07, 6.45) is 0.899. The van der Waals surface area contributed by atoms with Crippen molar-refractivity contribution in [2.75, 3.05) is 20.2 Å². The van der Waals surface area contributed by atoms with Gasteiger partial charge in [-0.15, -0.1) is 0 Å². The van der Waals surface area contributed by atoms with Gasteiger partial charge in [0.2, 0.25) is 0 Å². The summed E-state index contributed by atoms with van der Waals surface area (Å²) < 4.78 is 37.3. The minimum Gasteiger partial charge on any atom is -0.490 e. The van der Waals surface area contributed by atoms with E-state index in [4.69, 9.17) is 4.74 Å². The number of aryl methyl sites for hydroxylation is 2. The van der Waals surface area contributed by atoms with Crippen LogP contribution in [-0.2, 0) is 13.1 Å². The van der Waals surface area contributed by atoms with Crippen LogP contribution in [0.25, 0.3) is 11.0 Å². The number of halogens is 2. The molecule has 0 radical (unpaired) electrons. The minimum atomic E-state index is -2.90. The molecule has 0 aliphatic carbocycles. The number of ether oxygens (including phenoxy) is 2. The smallest absolute Gasteiger partial charge is 0.387 e. The maximum absolute atomic E-state index is 12.6. The third kappa shape index (κ3) is 6.09. The molecule has 2 aromatic carbocycles. The van der Waals surface area contributed by atoms with Crippen molar-refractivity contribution in [2.24, 2.45) is 4.99 Å². The number of aromatic nitrogens is 2. The van der Waals surface area contributed by atoms with Gasteiger partial charge in [-0.05, 0) is 50.1 Å². The number of fused-ring (bicyclic) bond motifs is 1. The zero-order valence-electron chi connectivity index (χ0n) is 18.6. The van der Waals surface area contributed by atoms with Gasteiger partial charge in [0.05, 0.1) is 17.6 Å². The molecule has 0 saturated carbocycles. The molecule has 0 unspecified atom stereocenters. The predicted octanol–water partition coefficient (Wildman–Crippen LogP) is 4.10. The lowest BCUT2D eigenvalue weighted by Gasteiger charge is -2.15. The lowest BCUT2D eigenvalue weighted by molar-refractivity contribution is -0.0514. The summed E-state index contributed by atoms with van der Waals surface area (Å²) in [6.45, 7) is 3.30. The molecule has 0 fully saturated rings. The number of guanidine groups is 1. The summed E-state index contributed by atoms with van der Waals surface area (Å²) >= 11 is 0. The highest BCUT2D eigenvalue weighted by Gasteiger charge is 2.12. The number of hydrogen-bond donors (Lipinski definition) is 2. The molecule has 0 aliphatic heterocycles. The molecule has 0 bridgehead atoms. The fourth-order valence-electron chi connectivity index (χ4n) is 3.45. The van der Waals surface area contributed by atoms with Gasteiger partial charge < -0.3 is 24.7 Å². The minimum absolute atomic E-state index is 0.0235. The summed E-state index contributed by atoms with van der Waals surface area (Å²) in [5, 5.41) is 6.52. The van der Waals surface area contributed by atoms with E-state index in [9.17, 15) is 8.78 Å². The molecule has 9 heteroatoms. The van der Waals surface area contributed by atoms with Gasteiger partial charge in [0, 0.05) is 26.7 Å². The van der Waals surface area contributed by atoms with Crippen LogP contribution in [0.4, 0.5) is 8.78 Å². The van der Waals surface area contributed by atoms with Gasteiger partial charge in [-0.2, -0.15) is 8.78 Å². The van der Waals surface area contributed by atoms with E-state index in [0.29, 0.717) is 19.1 Å². The van der Waals surface area contributed by atoms with Crippen LogP contribution in [0.3, 0.4) is 0 Å². The molecule has 7 nitrogen and oxygen atoms in total. The van der Waals surface area contributed by atoms with Crippen molar-refractivity contribution in [1.29, 1.82) is 0 Å². The van der Waals surface area contributed by atoms with Gasteiger partial charge in [0.25, 0.3) is 0 Å². The first-order valence-electron chi connectivity index (χ1n) is 10.6. The van der Waals surface area contributed by atoms with Crippen molar-refractivity contribution in [1.82, 2.24) is 20.2 Å². The highest BCUT2D eigenvalue weighted by Crippen LogP contribution is 2.29. The van der Waals surface area contributed by atoms with Crippen molar-refractivity contribution >= 4 is 17.0 Å². The van der Waals surface area contributed by atoms with E-state index in [0.717, 1.165) is 41.9 Å². The lowest BCUT2D eigenvalue weighted by atomic mass is 10.2. The molecule has 32 heavy (non-hydrogen) atoms. The largest absolute Gasteiger partial charge is 0.490 e. The fourth-order valence-corrected chi connectivity index (χ4v) is 3.45. The Morgan fingerprint density at radius 3 is 2.72 bits per heavy atom. The van der Waals surface area contributed by atoms with Gasteiger partial charge in [0.1, 0.15) is 5.82 Å². The second-order valence-electron chi connectivity index (χ2n) is 7.10. The van der Waals surface area contributed by atoms with Crippen molar-refractivity contribution in [3.63, 3.8) is 0 Å². The molecule has 3 rings (SSSR count). The summed E-state index contributed by atoms with van der Waals surface area (Å²) in [4.78, 5) is 8.83. The molecule has 0 spiro atoms. The lowest BCUT2D eigenvalue weighted by Crippen LogP contribution is -2.37. The first kappa shape index (κ1) is 23.3. The first-order valence-corrected chi connectivity index (χ1v) is 10.6. The number of alkyl halides is 2. The van der Waals surface area contributed by atoms with E-state index >= 15 is 0 Å². The number of hydrogen-bond acceptors (Lipinski definition) is 4. The predicted molar refractivity (Wildman–Crippen MR) is 122 cm³/mol. The standard InChI is InChI=1S/C23H29F2N5O2/c1-4-31-21-14-17(10-11-20(21)32-22(24)25)15-28-23(26-3)27-12-7-13-30-16(2)29-18-8-5-6-9-19(18)30/h5-6,8-11,14,22H,4,7,12-13,15H2,1-3H3,(H2,26,27,28). The third-order valence-electron chi connectivity index (χ3n) is 4.90. The molecular formula is C23H29F2N5O2. The van der Waals surface area contributed by atoms with Crippen molar-refractivity contribution in [3.05, 3.63) is 53.9 Å².